The van der Waals surface area contributed by atoms with Crippen molar-refractivity contribution in [3.63, 3.8) is 0 Å². The summed E-state index contributed by atoms with van der Waals surface area (Å²) in [5.41, 5.74) is 1.95. The number of benzene rings is 2. The number of aromatic nitrogens is 2. The lowest BCUT2D eigenvalue weighted by Crippen LogP contribution is -2.48. The number of carbonyl (C=O) groups is 2. The van der Waals surface area contributed by atoms with Crippen molar-refractivity contribution >= 4 is 11.8 Å². The molecule has 0 radical (unpaired) electrons. The van der Waals surface area contributed by atoms with Gasteiger partial charge in [-0.25, -0.2) is 4.98 Å². The number of ether oxygens (including phenoxy) is 1. The summed E-state index contributed by atoms with van der Waals surface area (Å²) in [6.07, 6.45) is 10.4. The van der Waals surface area contributed by atoms with E-state index in [1.165, 1.54) is 25.0 Å². The van der Waals surface area contributed by atoms with Gasteiger partial charge in [-0.1, -0.05) is 67.8 Å². The zero-order valence-electron chi connectivity index (χ0n) is 20.8. The van der Waals surface area contributed by atoms with Crippen molar-refractivity contribution in [2.45, 2.75) is 57.5 Å². The summed E-state index contributed by atoms with van der Waals surface area (Å²) in [6, 6.07) is 16.7. The van der Waals surface area contributed by atoms with Crippen LogP contribution in [-0.2, 0) is 11.2 Å². The highest BCUT2D eigenvalue weighted by Gasteiger charge is 2.35. The molecule has 1 heterocycles. The molecule has 1 fully saturated rings. The Morgan fingerprint density at radius 2 is 1.78 bits per heavy atom. The molecule has 0 spiro atoms. The quantitative estimate of drug-likeness (QED) is 0.447. The number of nitrogens with zero attached hydrogens (tertiary/aromatic N) is 3. The lowest BCUT2D eigenvalue weighted by atomic mass is 9.94. The number of amides is 2. The Kier molecular flexibility index (Phi) is 9.03. The average Bonchev–Trinajstić information content (AvgIpc) is 2.93. The van der Waals surface area contributed by atoms with Gasteiger partial charge in [0, 0.05) is 30.5 Å². The maximum absolute atomic E-state index is 14.0. The van der Waals surface area contributed by atoms with Gasteiger partial charge >= 0.3 is 0 Å². The van der Waals surface area contributed by atoms with E-state index in [4.69, 9.17) is 4.74 Å². The Bertz CT molecular complexity index is 1120. The third kappa shape index (κ3) is 6.47. The first-order chi connectivity index (χ1) is 17.7. The third-order valence-corrected chi connectivity index (χ3v) is 6.55. The van der Waals surface area contributed by atoms with E-state index in [1.54, 1.807) is 4.90 Å². The van der Waals surface area contributed by atoms with Crippen molar-refractivity contribution in [3.8, 4) is 5.75 Å². The molecular formula is C29H34N4O3. The second kappa shape index (κ2) is 12.8. The van der Waals surface area contributed by atoms with E-state index < -0.39 is 6.04 Å². The number of rotatable bonds is 10. The summed E-state index contributed by atoms with van der Waals surface area (Å²) in [7, 11) is 0. The number of para-hydroxylation sites is 1. The summed E-state index contributed by atoms with van der Waals surface area (Å²) in [6.45, 7) is 2.70. The van der Waals surface area contributed by atoms with E-state index in [2.05, 4.69) is 15.3 Å². The molecule has 3 aromatic rings. The average molecular weight is 487 g/mol. The van der Waals surface area contributed by atoms with Gasteiger partial charge in [-0.3, -0.25) is 14.6 Å². The molecule has 7 heteroatoms. The van der Waals surface area contributed by atoms with Crippen LogP contribution in [0, 0.1) is 0 Å². The molecule has 1 aliphatic rings. The first kappa shape index (κ1) is 25.4. The Hall–Kier alpha value is -3.74. The van der Waals surface area contributed by atoms with Crippen molar-refractivity contribution in [2.75, 3.05) is 13.2 Å². The molecule has 1 atom stereocenters. The van der Waals surface area contributed by atoms with Crippen molar-refractivity contribution < 1.29 is 14.3 Å². The van der Waals surface area contributed by atoms with Gasteiger partial charge in [0.05, 0.1) is 12.8 Å². The minimum atomic E-state index is -0.868. The molecule has 1 aliphatic carbocycles. The molecule has 1 saturated carbocycles. The van der Waals surface area contributed by atoms with Gasteiger partial charge in [-0.05, 0) is 37.8 Å². The highest BCUT2D eigenvalue weighted by Crippen LogP contribution is 2.32. The molecule has 2 aromatic carbocycles. The smallest absolute Gasteiger partial charge is 0.275 e. The van der Waals surface area contributed by atoms with Crippen molar-refractivity contribution in [2.24, 2.45) is 0 Å². The highest BCUT2D eigenvalue weighted by molar-refractivity contribution is 5.96. The van der Waals surface area contributed by atoms with Crippen LogP contribution in [0.2, 0.25) is 0 Å². The van der Waals surface area contributed by atoms with Gasteiger partial charge < -0.3 is 15.0 Å². The molecule has 36 heavy (non-hydrogen) atoms. The zero-order valence-corrected chi connectivity index (χ0v) is 20.8. The molecule has 0 aliphatic heterocycles. The lowest BCUT2D eigenvalue weighted by molar-refractivity contribution is -0.127. The molecule has 4 rings (SSSR count). The fourth-order valence-corrected chi connectivity index (χ4v) is 4.77. The summed E-state index contributed by atoms with van der Waals surface area (Å²) >= 11 is 0. The van der Waals surface area contributed by atoms with Crippen molar-refractivity contribution in [3.05, 3.63) is 90.0 Å². The molecule has 1 aromatic heterocycles. The number of nitrogens with one attached hydrogen (secondary N) is 1. The van der Waals surface area contributed by atoms with Gasteiger partial charge in [-0.2, -0.15) is 0 Å². The van der Waals surface area contributed by atoms with E-state index in [0.29, 0.717) is 30.9 Å². The van der Waals surface area contributed by atoms with E-state index in [9.17, 15) is 9.59 Å². The molecule has 2 amide bonds. The van der Waals surface area contributed by atoms with E-state index in [1.807, 2.05) is 61.5 Å². The van der Waals surface area contributed by atoms with Gasteiger partial charge in [0.1, 0.15) is 17.5 Å². The van der Waals surface area contributed by atoms with E-state index >= 15 is 0 Å². The van der Waals surface area contributed by atoms with Gasteiger partial charge in [0.15, 0.2) is 0 Å². The van der Waals surface area contributed by atoms with Crippen LogP contribution in [0.5, 0.6) is 5.75 Å². The number of carbonyl (C=O) groups excluding carboxylic acids is 2. The van der Waals surface area contributed by atoms with Crippen LogP contribution in [0.4, 0.5) is 0 Å². The number of hydrogen-bond donors (Lipinski definition) is 1. The second-order valence-corrected chi connectivity index (χ2v) is 9.04. The molecule has 0 bridgehead atoms. The van der Waals surface area contributed by atoms with Gasteiger partial charge in [0.2, 0.25) is 5.91 Å². The van der Waals surface area contributed by atoms with E-state index in [0.717, 1.165) is 31.2 Å². The molecule has 0 saturated heterocycles. The van der Waals surface area contributed by atoms with Crippen molar-refractivity contribution in [1.29, 1.82) is 0 Å². The normalized spacial score (nSPS) is 14.6. The summed E-state index contributed by atoms with van der Waals surface area (Å²) < 4.78 is 5.91. The van der Waals surface area contributed by atoms with Crippen LogP contribution >= 0.6 is 0 Å². The molecule has 0 unspecified atom stereocenters. The van der Waals surface area contributed by atoms with Crippen molar-refractivity contribution in [1.82, 2.24) is 20.2 Å². The molecule has 7 nitrogen and oxygen atoms in total. The van der Waals surface area contributed by atoms with Gasteiger partial charge in [0.25, 0.3) is 5.91 Å². The molecular weight excluding hydrogens is 452 g/mol. The summed E-state index contributed by atoms with van der Waals surface area (Å²) in [5, 5.41) is 3.25. The standard InChI is InChI=1S/C29H34N4O3/c1-2-36-26-16-10-9-15-24(26)27(28(34)32-23-13-7-4-8-14-23)33(20-17-22-11-5-3-6-12-22)29(35)25-21-30-18-19-31-25/h3,5-6,9-12,15-16,18-19,21,23,27H,2,4,7-8,13-14,17,20H2,1H3,(H,32,34)/t27-/m0/s1. The van der Waals surface area contributed by atoms with Crippen LogP contribution < -0.4 is 10.1 Å². The summed E-state index contributed by atoms with van der Waals surface area (Å²) in [4.78, 5) is 37.8. The summed E-state index contributed by atoms with van der Waals surface area (Å²) in [5.74, 6) is 0.0638. The fraction of sp³-hybridized carbons (Fsp3) is 0.379. The predicted molar refractivity (Wildman–Crippen MR) is 139 cm³/mol. The van der Waals surface area contributed by atoms with Crippen LogP contribution in [0.3, 0.4) is 0 Å². The SMILES string of the molecule is CCOc1ccccc1[C@@H](C(=O)NC1CCCCC1)N(CCc1ccccc1)C(=O)c1cnccn1. The second-order valence-electron chi connectivity index (χ2n) is 9.04. The highest BCUT2D eigenvalue weighted by atomic mass is 16.5. The fourth-order valence-electron chi connectivity index (χ4n) is 4.77. The lowest BCUT2D eigenvalue weighted by Gasteiger charge is -2.34. The zero-order chi connectivity index (χ0) is 25.2. The molecule has 1 N–H and O–H groups in total. The Labute approximate surface area is 212 Å². The Balaban J connectivity index is 1.73. The number of hydrogen-bond acceptors (Lipinski definition) is 5. The van der Waals surface area contributed by atoms with Crippen LogP contribution in [0.25, 0.3) is 0 Å². The van der Waals surface area contributed by atoms with Crippen LogP contribution in [0.15, 0.2) is 73.2 Å². The Morgan fingerprint density at radius 3 is 2.50 bits per heavy atom. The largest absolute Gasteiger partial charge is 0.494 e. The maximum atomic E-state index is 14.0. The van der Waals surface area contributed by atoms with Gasteiger partial charge in [-0.15, -0.1) is 0 Å². The first-order valence-electron chi connectivity index (χ1n) is 12.8. The minimum absolute atomic E-state index is 0.107. The van der Waals surface area contributed by atoms with Crippen LogP contribution in [0.1, 0.15) is 66.7 Å². The van der Waals surface area contributed by atoms with Crippen LogP contribution in [-0.4, -0.2) is 45.9 Å². The topological polar surface area (TPSA) is 84.4 Å². The maximum Gasteiger partial charge on any atom is 0.275 e. The Morgan fingerprint density at radius 1 is 1.03 bits per heavy atom. The predicted octanol–water partition coefficient (Wildman–Crippen LogP) is 4.75. The molecule has 188 valence electrons. The first-order valence-corrected chi connectivity index (χ1v) is 12.8. The monoisotopic (exact) mass is 486 g/mol. The third-order valence-electron chi connectivity index (χ3n) is 6.55. The minimum Gasteiger partial charge on any atom is -0.494 e. The van der Waals surface area contributed by atoms with E-state index in [-0.39, 0.29) is 23.6 Å².